The maximum Gasteiger partial charge on any atom is 0.243 e. The molecule has 0 bridgehead atoms. The number of amides is 3. The molecule has 0 saturated heterocycles. The molecular formula is C17H23N3O3. The molecule has 0 fully saturated rings. The molecule has 4 N–H and O–H groups in total. The molecule has 0 aliphatic rings. The van der Waals surface area contributed by atoms with Crippen molar-refractivity contribution in [2.45, 2.75) is 38.8 Å². The Bertz CT molecular complexity index is 584. The minimum absolute atomic E-state index is 0.263. The fourth-order valence-corrected chi connectivity index (χ4v) is 2.15. The monoisotopic (exact) mass is 317 g/mol. The fourth-order valence-electron chi connectivity index (χ4n) is 2.15. The zero-order chi connectivity index (χ0) is 17.4. The van der Waals surface area contributed by atoms with Gasteiger partial charge in [0.2, 0.25) is 17.7 Å². The topological polar surface area (TPSA) is 101 Å². The Morgan fingerprint density at radius 3 is 2.17 bits per heavy atom. The van der Waals surface area contributed by atoms with Gasteiger partial charge in [-0.15, -0.1) is 6.58 Å². The summed E-state index contributed by atoms with van der Waals surface area (Å²) in [5, 5.41) is 5.18. The molecule has 1 aromatic carbocycles. The molecule has 124 valence electrons. The van der Waals surface area contributed by atoms with Crippen LogP contribution in [0.5, 0.6) is 0 Å². The predicted molar refractivity (Wildman–Crippen MR) is 88.3 cm³/mol. The number of hydrogen-bond acceptors (Lipinski definition) is 3. The van der Waals surface area contributed by atoms with Gasteiger partial charge in [0.25, 0.3) is 0 Å². The maximum atomic E-state index is 12.4. The number of rotatable bonds is 8. The van der Waals surface area contributed by atoms with Crippen molar-refractivity contribution in [3.05, 3.63) is 48.0 Å². The molecular weight excluding hydrogens is 294 g/mol. The maximum absolute atomic E-state index is 12.4. The van der Waals surface area contributed by atoms with Crippen LogP contribution in [0, 0.1) is 0 Å². The molecule has 1 aromatic rings. The lowest BCUT2D eigenvalue weighted by atomic mass is 10.0. The third kappa shape index (κ3) is 6.78. The van der Waals surface area contributed by atoms with Gasteiger partial charge in [-0.3, -0.25) is 14.4 Å². The highest BCUT2D eigenvalue weighted by atomic mass is 16.2. The van der Waals surface area contributed by atoms with E-state index in [0.717, 1.165) is 11.1 Å². The van der Waals surface area contributed by atoms with E-state index in [-0.39, 0.29) is 12.3 Å². The predicted octanol–water partition coefficient (Wildman–Crippen LogP) is 0.670. The summed E-state index contributed by atoms with van der Waals surface area (Å²) >= 11 is 0. The lowest BCUT2D eigenvalue weighted by Crippen LogP contribution is -2.53. The first kappa shape index (κ1) is 18.4. The van der Waals surface area contributed by atoms with E-state index >= 15 is 0 Å². The summed E-state index contributed by atoms with van der Waals surface area (Å²) in [5.74, 6) is -1.41. The normalized spacial score (nSPS) is 12.8. The molecule has 0 unspecified atom stereocenters. The molecule has 0 heterocycles. The van der Waals surface area contributed by atoms with Crippen molar-refractivity contribution in [2.24, 2.45) is 5.73 Å². The first-order valence-corrected chi connectivity index (χ1v) is 7.34. The first-order valence-electron chi connectivity index (χ1n) is 7.34. The van der Waals surface area contributed by atoms with E-state index in [0.29, 0.717) is 6.42 Å². The van der Waals surface area contributed by atoms with Crippen LogP contribution in [-0.4, -0.2) is 29.8 Å². The Balaban J connectivity index is 2.83. The molecule has 0 saturated carbocycles. The van der Waals surface area contributed by atoms with Crippen LogP contribution in [0.2, 0.25) is 0 Å². The van der Waals surface area contributed by atoms with Crippen LogP contribution < -0.4 is 16.4 Å². The second-order valence-corrected chi connectivity index (χ2v) is 5.57. The molecule has 6 nitrogen and oxygen atoms in total. The largest absolute Gasteiger partial charge is 0.368 e. The highest BCUT2D eigenvalue weighted by Gasteiger charge is 2.25. The summed E-state index contributed by atoms with van der Waals surface area (Å²) in [6.45, 7) is 6.80. The first-order chi connectivity index (χ1) is 10.8. The molecule has 0 spiro atoms. The third-order valence-corrected chi connectivity index (χ3v) is 3.19. The minimum atomic E-state index is -0.841. The van der Waals surface area contributed by atoms with Crippen LogP contribution in [0.4, 0.5) is 0 Å². The summed E-state index contributed by atoms with van der Waals surface area (Å²) in [6.07, 6.45) is 0.587. The SMILES string of the molecule is C=C(C)C[C@@H](NC(=O)[C@@H](Cc1ccccc1)NC(C)=O)C(N)=O. The molecule has 0 radical (unpaired) electrons. The van der Waals surface area contributed by atoms with Gasteiger partial charge in [-0.1, -0.05) is 35.9 Å². The van der Waals surface area contributed by atoms with Gasteiger partial charge in [0, 0.05) is 13.3 Å². The summed E-state index contributed by atoms with van der Waals surface area (Å²) in [6, 6.07) is 7.68. The van der Waals surface area contributed by atoms with Crippen molar-refractivity contribution in [3.63, 3.8) is 0 Å². The number of benzene rings is 1. The van der Waals surface area contributed by atoms with Crippen LogP contribution in [0.15, 0.2) is 42.5 Å². The average Bonchev–Trinajstić information content (AvgIpc) is 2.45. The highest BCUT2D eigenvalue weighted by molar-refractivity contribution is 5.91. The number of primary amides is 1. The number of hydrogen-bond donors (Lipinski definition) is 3. The molecule has 2 atom stereocenters. The zero-order valence-electron chi connectivity index (χ0n) is 13.5. The Hall–Kier alpha value is -2.63. The molecule has 1 rings (SSSR count). The number of nitrogens with one attached hydrogen (secondary N) is 2. The molecule has 6 heteroatoms. The Morgan fingerprint density at radius 1 is 1.09 bits per heavy atom. The van der Waals surface area contributed by atoms with Gasteiger partial charge >= 0.3 is 0 Å². The van der Waals surface area contributed by atoms with Gasteiger partial charge in [0.1, 0.15) is 12.1 Å². The van der Waals surface area contributed by atoms with Crippen LogP contribution in [-0.2, 0) is 20.8 Å². The second kappa shape index (κ2) is 8.73. The molecule has 0 aromatic heterocycles. The van der Waals surface area contributed by atoms with Gasteiger partial charge in [-0.2, -0.15) is 0 Å². The van der Waals surface area contributed by atoms with Crippen LogP contribution in [0.1, 0.15) is 25.8 Å². The average molecular weight is 317 g/mol. The Labute approximate surface area is 136 Å². The molecule has 3 amide bonds. The molecule has 0 aliphatic carbocycles. The van der Waals surface area contributed by atoms with Crippen LogP contribution in [0.25, 0.3) is 0 Å². The van der Waals surface area contributed by atoms with E-state index < -0.39 is 23.9 Å². The van der Waals surface area contributed by atoms with Crippen molar-refractivity contribution >= 4 is 17.7 Å². The van der Waals surface area contributed by atoms with Gasteiger partial charge in [0.15, 0.2) is 0 Å². The second-order valence-electron chi connectivity index (χ2n) is 5.57. The fraction of sp³-hybridized carbons (Fsp3) is 0.353. The van der Waals surface area contributed by atoms with Crippen molar-refractivity contribution in [2.75, 3.05) is 0 Å². The lowest BCUT2D eigenvalue weighted by Gasteiger charge is -2.21. The van der Waals surface area contributed by atoms with Gasteiger partial charge in [-0.05, 0) is 18.9 Å². The summed E-state index contributed by atoms with van der Waals surface area (Å²) in [4.78, 5) is 35.2. The van der Waals surface area contributed by atoms with Gasteiger partial charge in [-0.25, -0.2) is 0 Å². The van der Waals surface area contributed by atoms with Crippen molar-refractivity contribution in [1.29, 1.82) is 0 Å². The highest BCUT2D eigenvalue weighted by Crippen LogP contribution is 2.06. The van der Waals surface area contributed by atoms with Crippen molar-refractivity contribution in [3.8, 4) is 0 Å². The van der Waals surface area contributed by atoms with E-state index in [9.17, 15) is 14.4 Å². The van der Waals surface area contributed by atoms with E-state index in [2.05, 4.69) is 17.2 Å². The summed E-state index contributed by atoms with van der Waals surface area (Å²) < 4.78 is 0. The van der Waals surface area contributed by atoms with E-state index in [1.165, 1.54) is 6.92 Å². The summed E-state index contributed by atoms with van der Waals surface area (Å²) in [7, 11) is 0. The Morgan fingerprint density at radius 2 is 1.70 bits per heavy atom. The molecule has 23 heavy (non-hydrogen) atoms. The van der Waals surface area contributed by atoms with E-state index in [1.807, 2.05) is 30.3 Å². The Kier molecular flexibility index (Phi) is 6.99. The number of nitrogens with two attached hydrogens (primary N) is 1. The third-order valence-electron chi connectivity index (χ3n) is 3.19. The van der Waals surface area contributed by atoms with Crippen LogP contribution >= 0.6 is 0 Å². The van der Waals surface area contributed by atoms with Crippen molar-refractivity contribution < 1.29 is 14.4 Å². The van der Waals surface area contributed by atoms with Gasteiger partial charge in [0.05, 0.1) is 0 Å². The number of carbonyl (C=O) groups excluding carboxylic acids is 3. The summed E-state index contributed by atoms with van der Waals surface area (Å²) in [5.41, 5.74) is 6.93. The standard InChI is InChI=1S/C17H23N3O3/c1-11(2)9-14(16(18)22)20-17(23)15(19-12(3)21)10-13-7-5-4-6-8-13/h4-8,14-15H,1,9-10H2,2-3H3,(H2,18,22)(H,19,21)(H,20,23)/t14-,15-/m1/s1. The van der Waals surface area contributed by atoms with Crippen LogP contribution in [0.3, 0.4) is 0 Å². The number of carbonyl (C=O) groups is 3. The quantitative estimate of drug-likeness (QED) is 0.614. The zero-order valence-corrected chi connectivity index (χ0v) is 13.5. The van der Waals surface area contributed by atoms with Gasteiger partial charge < -0.3 is 16.4 Å². The molecule has 0 aliphatic heterocycles. The smallest absolute Gasteiger partial charge is 0.243 e. The minimum Gasteiger partial charge on any atom is -0.368 e. The van der Waals surface area contributed by atoms with Crippen molar-refractivity contribution in [1.82, 2.24) is 10.6 Å². The van der Waals surface area contributed by atoms with E-state index in [4.69, 9.17) is 5.73 Å². The van der Waals surface area contributed by atoms with E-state index in [1.54, 1.807) is 6.92 Å². The lowest BCUT2D eigenvalue weighted by molar-refractivity contribution is -0.130.